The van der Waals surface area contributed by atoms with Crippen LogP contribution in [0.4, 0.5) is 0 Å². The predicted molar refractivity (Wildman–Crippen MR) is 43.5 cm³/mol. The van der Waals surface area contributed by atoms with Crippen molar-refractivity contribution in [2.24, 2.45) is 0 Å². The highest BCUT2D eigenvalue weighted by Gasteiger charge is 2.08. The average Bonchev–Trinajstić information content (AvgIpc) is 2.34. The van der Waals surface area contributed by atoms with Crippen LogP contribution in [-0.2, 0) is 5.11 Å². The molecule has 0 spiro atoms. The maximum absolute atomic E-state index is 11.2. The molecule has 4 nitrogen and oxygen atoms in total. The summed E-state index contributed by atoms with van der Waals surface area (Å²) in [5.41, 5.74) is 0.314. The zero-order valence-electron chi connectivity index (χ0n) is 7.05. The highest BCUT2D eigenvalue weighted by Crippen LogP contribution is 2.10. The second kappa shape index (κ2) is 3.30. The standard InChI is InChI=1S/C8H11N2O2/c1-5(2)10-8(12)7-3-6(11)4-9-7/h3-5,9H,1-2H3,(H,10,12). The molecule has 0 aliphatic carbocycles. The Kier molecular flexibility index (Phi) is 2.38. The van der Waals surface area contributed by atoms with E-state index in [1.807, 2.05) is 13.8 Å². The highest BCUT2D eigenvalue weighted by molar-refractivity contribution is 5.92. The quantitative estimate of drug-likeness (QED) is 0.685. The van der Waals surface area contributed by atoms with E-state index in [2.05, 4.69) is 10.3 Å². The van der Waals surface area contributed by atoms with Crippen molar-refractivity contribution in [2.75, 3.05) is 0 Å². The second-order valence-electron chi connectivity index (χ2n) is 2.88. The predicted octanol–water partition coefficient (Wildman–Crippen LogP) is 1.30. The summed E-state index contributed by atoms with van der Waals surface area (Å²) >= 11 is 0. The van der Waals surface area contributed by atoms with Crippen LogP contribution in [-0.4, -0.2) is 16.9 Å². The number of aromatic nitrogens is 1. The summed E-state index contributed by atoms with van der Waals surface area (Å²) in [6, 6.07) is 1.36. The summed E-state index contributed by atoms with van der Waals surface area (Å²) in [5.74, 6) is -0.420. The fourth-order valence-electron chi connectivity index (χ4n) is 0.846. The van der Waals surface area contributed by atoms with Crippen LogP contribution in [0.3, 0.4) is 0 Å². The van der Waals surface area contributed by atoms with Crippen LogP contribution in [0.5, 0.6) is 5.75 Å². The molecule has 1 radical (unpaired) electrons. The third-order valence-corrected chi connectivity index (χ3v) is 1.32. The van der Waals surface area contributed by atoms with Gasteiger partial charge in [0.25, 0.3) is 5.91 Å². The fourth-order valence-corrected chi connectivity index (χ4v) is 0.846. The van der Waals surface area contributed by atoms with Crippen LogP contribution < -0.4 is 5.32 Å². The van der Waals surface area contributed by atoms with Crippen molar-refractivity contribution >= 4 is 5.91 Å². The summed E-state index contributed by atoms with van der Waals surface area (Å²) < 4.78 is 0. The van der Waals surface area contributed by atoms with Gasteiger partial charge in [0.15, 0.2) is 5.75 Å². The molecule has 1 aromatic rings. The van der Waals surface area contributed by atoms with E-state index < -0.39 is 0 Å². The minimum Gasteiger partial charge on any atom is -0.354 e. The number of H-pyrrole nitrogens is 1. The third-order valence-electron chi connectivity index (χ3n) is 1.32. The molecule has 0 fully saturated rings. The number of aromatic amines is 1. The number of hydrogen-bond donors (Lipinski definition) is 2. The van der Waals surface area contributed by atoms with E-state index in [1.165, 1.54) is 12.3 Å². The molecule has 0 unspecified atom stereocenters. The first-order chi connectivity index (χ1) is 5.59. The first-order valence-corrected chi connectivity index (χ1v) is 3.76. The van der Waals surface area contributed by atoms with Crippen LogP contribution in [0.2, 0.25) is 0 Å². The summed E-state index contributed by atoms with van der Waals surface area (Å²) in [7, 11) is 0. The molecule has 1 rings (SSSR count). The molecule has 0 saturated heterocycles. The molecule has 2 N–H and O–H groups in total. The van der Waals surface area contributed by atoms with Crippen molar-refractivity contribution in [3.05, 3.63) is 18.0 Å². The van der Waals surface area contributed by atoms with Crippen molar-refractivity contribution < 1.29 is 9.90 Å². The average molecular weight is 167 g/mol. The SMILES string of the molecule is CC(C)NC(=O)c1cc([O])c[nH]1. The molecule has 0 aliphatic rings. The van der Waals surface area contributed by atoms with Crippen LogP contribution >= 0.6 is 0 Å². The zero-order chi connectivity index (χ0) is 9.14. The normalized spacial score (nSPS) is 10.2. The molecule has 12 heavy (non-hydrogen) atoms. The van der Waals surface area contributed by atoms with Gasteiger partial charge in [0.05, 0.1) is 0 Å². The molecule has 1 heterocycles. The topological polar surface area (TPSA) is 64.8 Å². The molecule has 1 aromatic heterocycles. The van der Waals surface area contributed by atoms with E-state index in [1.54, 1.807) is 0 Å². The summed E-state index contributed by atoms with van der Waals surface area (Å²) in [4.78, 5) is 13.8. The molecular formula is C8H11N2O2. The van der Waals surface area contributed by atoms with Gasteiger partial charge >= 0.3 is 0 Å². The Hall–Kier alpha value is -1.45. The molecule has 0 saturated carbocycles. The maximum atomic E-state index is 11.2. The van der Waals surface area contributed by atoms with Crippen molar-refractivity contribution in [3.8, 4) is 5.75 Å². The summed E-state index contributed by atoms with van der Waals surface area (Å²) in [6.45, 7) is 3.72. The van der Waals surface area contributed by atoms with Gasteiger partial charge in [0.2, 0.25) is 0 Å². The van der Waals surface area contributed by atoms with E-state index in [9.17, 15) is 9.90 Å². The lowest BCUT2D eigenvalue weighted by atomic mass is 10.3. The third kappa shape index (κ3) is 2.02. The minimum absolute atomic E-state index is 0.0795. The van der Waals surface area contributed by atoms with E-state index >= 15 is 0 Å². The molecule has 65 valence electrons. The first-order valence-electron chi connectivity index (χ1n) is 3.76. The van der Waals surface area contributed by atoms with E-state index in [0.717, 1.165) is 0 Å². The van der Waals surface area contributed by atoms with Gasteiger partial charge in [-0.3, -0.25) is 9.90 Å². The maximum Gasteiger partial charge on any atom is 0.268 e. The highest BCUT2D eigenvalue weighted by atomic mass is 16.3. The monoisotopic (exact) mass is 167 g/mol. The molecule has 0 bridgehead atoms. The van der Waals surface area contributed by atoms with Crippen LogP contribution in [0.1, 0.15) is 24.3 Å². The second-order valence-corrected chi connectivity index (χ2v) is 2.88. The van der Waals surface area contributed by atoms with E-state index in [-0.39, 0.29) is 17.7 Å². The lowest BCUT2D eigenvalue weighted by Crippen LogP contribution is -2.30. The van der Waals surface area contributed by atoms with Gasteiger partial charge in [-0.15, -0.1) is 0 Å². The van der Waals surface area contributed by atoms with Crippen LogP contribution in [0, 0.1) is 0 Å². The van der Waals surface area contributed by atoms with Gasteiger partial charge in [-0.2, -0.15) is 0 Å². The van der Waals surface area contributed by atoms with Crippen molar-refractivity contribution in [3.63, 3.8) is 0 Å². The zero-order valence-corrected chi connectivity index (χ0v) is 7.05. The Bertz CT molecular complexity index is 278. The van der Waals surface area contributed by atoms with E-state index in [4.69, 9.17) is 0 Å². The number of carbonyl (C=O) groups is 1. The fraction of sp³-hybridized carbons (Fsp3) is 0.375. The number of carbonyl (C=O) groups excluding carboxylic acids is 1. The van der Waals surface area contributed by atoms with Gasteiger partial charge < -0.3 is 10.3 Å². The Morgan fingerprint density at radius 1 is 1.58 bits per heavy atom. The van der Waals surface area contributed by atoms with Crippen molar-refractivity contribution in [1.82, 2.24) is 10.3 Å². The Morgan fingerprint density at radius 3 is 2.67 bits per heavy atom. The largest absolute Gasteiger partial charge is 0.354 e. The molecule has 0 aromatic carbocycles. The lowest BCUT2D eigenvalue weighted by Gasteiger charge is -2.05. The Morgan fingerprint density at radius 2 is 2.25 bits per heavy atom. The number of nitrogens with one attached hydrogen (secondary N) is 2. The minimum atomic E-state index is -0.243. The number of rotatable bonds is 2. The Balaban J connectivity index is 2.65. The van der Waals surface area contributed by atoms with E-state index in [0.29, 0.717) is 5.69 Å². The van der Waals surface area contributed by atoms with Gasteiger partial charge in [-0.05, 0) is 13.8 Å². The Labute approximate surface area is 70.6 Å². The lowest BCUT2D eigenvalue weighted by molar-refractivity contribution is 0.0938. The number of hydrogen-bond acceptors (Lipinski definition) is 1. The van der Waals surface area contributed by atoms with Gasteiger partial charge in [-0.25, -0.2) is 0 Å². The molecule has 0 atom stereocenters. The van der Waals surface area contributed by atoms with Gasteiger partial charge in [-0.1, -0.05) is 0 Å². The van der Waals surface area contributed by atoms with Gasteiger partial charge in [0, 0.05) is 18.3 Å². The van der Waals surface area contributed by atoms with Crippen LogP contribution in [0.15, 0.2) is 12.3 Å². The molecule has 1 amide bonds. The van der Waals surface area contributed by atoms with Crippen molar-refractivity contribution in [2.45, 2.75) is 19.9 Å². The van der Waals surface area contributed by atoms with Crippen LogP contribution in [0.25, 0.3) is 0 Å². The molecule has 4 heteroatoms. The van der Waals surface area contributed by atoms with Gasteiger partial charge in [0.1, 0.15) is 5.69 Å². The van der Waals surface area contributed by atoms with Crippen molar-refractivity contribution in [1.29, 1.82) is 0 Å². The molecule has 0 aliphatic heterocycles. The summed E-state index contributed by atoms with van der Waals surface area (Å²) in [5, 5.41) is 13.3. The smallest absolute Gasteiger partial charge is 0.268 e. The summed E-state index contributed by atoms with van der Waals surface area (Å²) in [6.07, 6.45) is 1.26. The number of amides is 1. The first kappa shape index (κ1) is 8.64. The molecular weight excluding hydrogens is 156 g/mol.